The van der Waals surface area contributed by atoms with Crippen molar-refractivity contribution in [3.8, 4) is 0 Å². The second-order valence-electron chi connectivity index (χ2n) is 5.27. The van der Waals surface area contributed by atoms with E-state index in [1.165, 1.54) is 4.90 Å². The van der Waals surface area contributed by atoms with Crippen molar-refractivity contribution < 1.29 is 22.9 Å². The number of rotatable bonds is 9. The summed E-state index contributed by atoms with van der Waals surface area (Å²) < 4.78 is 17.5. The minimum atomic E-state index is -2.93. The number of nitrogens with zero attached hydrogens (tertiary/aromatic N) is 1. The molecule has 0 bridgehead atoms. The van der Waals surface area contributed by atoms with Crippen molar-refractivity contribution in [2.75, 3.05) is 26.4 Å². The van der Waals surface area contributed by atoms with Gasteiger partial charge in [-0.15, -0.1) is 0 Å². The molecule has 0 aromatic rings. The maximum Gasteiger partial charge on any atom is 0.505 e. The van der Waals surface area contributed by atoms with Gasteiger partial charge in [0.1, 0.15) is 0 Å². The monoisotopic (exact) mass is 329 g/mol. The van der Waals surface area contributed by atoms with E-state index >= 15 is 0 Å². The van der Waals surface area contributed by atoms with Crippen molar-refractivity contribution in [2.24, 2.45) is 0 Å². The highest BCUT2D eigenvalue weighted by molar-refractivity contribution is 6.62. The first kappa shape index (κ1) is 19.0. The maximum absolute atomic E-state index is 12.2. The number of carbonyl (C=O) groups is 2. The first-order valence-electron chi connectivity index (χ1n) is 7.80. The van der Waals surface area contributed by atoms with E-state index in [0.717, 1.165) is 0 Å². The molecule has 0 saturated carbocycles. The molecule has 0 spiro atoms. The van der Waals surface area contributed by atoms with Crippen LogP contribution >= 0.6 is 0 Å². The van der Waals surface area contributed by atoms with Crippen molar-refractivity contribution in [3.05, 3.63) is 11.1 Å². The molecule has 0 aromatic heterocycles. The first-order valence-corrected chi connectivity index (χ1v) is 9.60. The summed E-state index contributed by atoms with van der Waals surface area (Å²) in [6, 6.07) is 0. The predicted molar refractivity (Wildman–Crippen MR) is 85.2 cm³/mol. The van der Waals surface area contributed by atoms with Crippen molar-refractivity contribution in [2.45, 2.75) is 47.1 Å². The summed E-state index contributed by atoms with van der Waals surface area (Å²) in [5, 5.41) is 0. The molecule has 1 unspecified atom stereocenters. The molecule has 1 aliphatic heterocycles. The Morgan fingerprint density at radius 3 is 1.59 bits per heavy atom. The standard InChI is InChI=1S/C15H27NO5Si/c1-7-19-22(20-8-2,21-9-3)11(4)10-16-14(17)12(5)13(6)15(16)18/h11H,7-10H2,1-6H3. The van der Waals surface area contributed by atoms with Crippen LogP contribution in [-0.4, -0.2) is 51.9 Å². The van der Waals surface area contributed by atoms with Gasteiger partial charge in [0.05, 0.1) is 0 Å². The maximum atomic E-state index is 12.2. The second-order valence-corrected chi connectivity index (χ2v) is 8.33. The number of amides is 2. The summed E-state index contributed by atoms with van der Waals surface area (Å²) >= 11 is 0. The molecule has 0 N–H and O–H groups in total. The molecule has 126 valence electrons. The van der Waals surface area contributed by atoms with E-state index in [1.807, 2.05) is 27.7 Å². The van der Waals surface area contributed by atoms with Gasteiger partial charge in [-0.3, -0.25) is 14.5 Å². The summed E-state index contributed by atoms with van der Waals surface area (Å²) in [7, 11) is -2.93. The van der Waals surface area contributed by atoms with Gasteiger partial charge in [-0.05, 0) is 34.6 Å². The molecule has 7 heteroatoms. The fourth-order valence-corrected chi connectivity index (χ4v) is 5.24. The Balaban J connectivity index is 2.94. The normalized spacial score (nSPS) is 17.6. The Bertz CT molecular complexity index is 422. The Hall–Kier alpha value is -1.02. The van der Waals surface area contributed by atoms with Crippen LogP contribution in [0.1, 0.15) is 41.5 Å². The molecule has 6 nitrogen and oxygen atoms in total. The fraction of sp³-hybridized carbons (Fsp3) is 0.733. The zero-order valence-electron chi connectivity index (χ0n) is 14.4. The van der Waals surface area contributed by atoms with Crippen molar-refractivity contribution >= 4 is 20.6 Å². The summed E-state index contributed by atoms with van der Waals surface area (Å²) in [6.07, 6.45) is 0. The molecular weight excluding hydrogens is 302 g/mol. The second kappa shape index (κ2) is 8.01. The van der Waals surface area contributed by atoms with Crippen LogP contribution < -0.4 is 0 Å². The van der Waals surface area contributed by atoms with Gasteiger partial charge in [0, 0.05) is 43.1 Å². The fourth-order valence-electron chi connectivity index (χ4n) is 2.52. The van der Waals surface area contributed by atoms with E-state index in [1.54, 1.807) is 13.8 Å². The molecule has 1 aliphatic rings. The molecule has 1 rings (SSSR count). The highest BCUT2D eigenvalue weighted by Crippen LogP contribution is 2.30. The van der Waals surface area contributed by atoms with Crippen LogP contribution in [0.5, 0.6) is 0 Å². The largest absolute Gasteiger partial charge is 0.505 e. The Labute approximate surface area is 133 Å². The molecule has 1 atom stereocenters. The van der Waals surface area contributed by atoms with Crippen LogP contribution in [0.2, 0.25) is 5.54 Å². The minimum Gasteiger partial charge on any atom is -0.374 e. The van der Waals surface area contributed by atoms with Gasteiger partial charge in [0.25, 0.3) is 11.8 Å². The van der Waals surface area contributed by atoms with Gasteiger partial charge < -0.3 is 13.3 Å². The van der Waals surface area contributed by atoms with Crippen LogP contribution in [0.4, 0.5) is 0 Å². The van der Waals surface area contributed by atoms with Crippen LogP contribution in [0.25, 0.3) is 0 Å². The van der Waals surface area contributed by atoms with Gasteiger partial charge in [-0.2, -0.15) is 0 Å². The van der Waals surface area contributed by atoms with E-state index in [4.69, 9.17) is 13.3 Å². The van der Waals surface area contributed by atoms with Gasteiger partial charge >= 0.3 is 8.80 Å². The van der Waals surface area contributed by atoms with E-state index in [9.17, 15) is 9.59 Å². The lowest BCUT2D eigenvalue weighted by Gasteiger charge is -2.34. The smallest absolute Gasteiger partial charge is 0.374 e. The highest BCUT2D eigenvalue weighted by Gasteiger charge is 2.49. The molecule has 0 radical (unpaired) electrons. The number of imide groups is 1. The van der Waals surface area contributed by atoms with Gasteiger partial charge in [-0.1, -0.05) is 6.92 Å². The average molecular weight is 329 g/mol. The van der Waals surface area contributed by atoms with Crippen LogP contribution in [0, 0.1) is 0 Å². The number of hydrogen-bond acceptors (Lipinski definition) is 5. The van der Waals surface area contributed by atoms with Crippen LogP contribution in [0.15, 0.2) is 11.1 Å². The molecule has 2 amide bonds. The highest BCUT2D eigenvalue weighted by atomic mass is 28.4. The quantitative estimate of drug-likeness (QED) is 0.479. The van der Waals surface area contributed by atoms with E-state index in [2.05, 4.69) is 0 Å². The summed E-state index contributed by atoms with van der Waals surface area (Å²) in [4.78, 5) is 25.7. The Morgan fingerprint density at radius 1 is 0.909 bits per heavy atom. The molecule has 0 aromatic carbocycles. The zero-order valence-corrected chi connectivity index (χ0v) is 15.4. The van der Waals surface area contributed by atoms with Crippen molar-refractivity contribution in [1.82, 2.24) is 4.90 Å². The summed E-state index contributed by atoms with van der Waals surface area (Å²) in [5.74, 6) is -0.469. The number of hydrogen-bond donors (Lipinski definition) is 0. The molecule has 0 saturated heterocycles. The van der Waals surface area contributed by atoms with E-state index in [-0.39, 0.29) is 23.9 Å². The molecular formula is C15H27NO5Si. The average Bonchev–Trinajstić information content (AvgIpc) is 2.65. The number of carbonyl (C=O) groups excluding carboxylic acids is 2. The lowest BCUT2D eigenvalue weighted by atomic mass is 10.2. The van der Waals surface area contributed by atoms with Crippen molar-refractivity contribution in [1.29, 1.82) is 0 Å². The lowest BCUT2D eigenvalue weighted by Crippen LogP contribution is -2.53. The predicted octanol–water partition coefficient (Wildman–Crippen LogP) is 2.13. The minimum absolute atomic E-state index is 0.182. The Kier molecular flexibility index (Phi) is 6.92. The molecule has 0 aliphatic carbocycles. The van der Waals surface area contributed by atoms with Gasteiger partial charge in [-0.25, -0.2) is 0 Å². The topological polar surface area (TPSA) is 65.1 Å². The van der Waals surface area contributed by atoms with E-state index < -0.39 is 8.80 Å². The Morgan fingerprint density at radius 2 is 1.27 bits per heavy atom. The first-order chi connectivity index (χ1) is 10.3. The SMILES string of the molecule is CCO[Si](OCC)(OCC)C(C)CN1C(=O)C(C)=C(C)C1=O. The summed E-state index contributed by atoms with van der Waals surface area (Å²) in [5.41, 5.74) is 0.835. The molecule has 22 heavy (non-hydrogen) atoms. The molecule has 1 heterocycles. The van der Waals surface area contributed by atoms with Crippen LogP contribution in [-0.2, 0) is 22.9 Å². The van der Waals surface area contributed by atoms with Crippen molar-refractivity contribution in [3.63, 3.8) is 0 Å². The van der Waals surface area contributed by atoms with Crippen LogP contribution in [0.3, 0.4) is 0 Å². The summed E-state index contributed by atoms with van der Waals surface area (Å²) in [6.45, 7) is 12.6. The third-order valence-corrected chi connectivity index (χ3v) is 7.25. The van der Waals surface area contributed by atoms with Gasteiger partial charge in [0.2, 0.25) is 0 Å². The molecule has 0 fully saturated rings. The van der Waals surface area contributed by atoms with E-state index in [0.29, 0.717) is 31.0 Å². The van der Waals surface area contributed by atoms with Gasteiger partial charge in [0.15, 0.2) is 0 Å². The lowest BCUT2D eigenvalue weighted by molar-refractivity contribution is -0.137. The third kappa shape index (κ3) is 3.65. The third-order valence-electron chi connectivity index (χ3n) is 3.79. The zero-order chi connectivity index (χ0) is 16.9.